The number of anilines is 4. The standard InChI is InChI=1S/C42H47N2Si2/c1-28-21-32(26-34(22-28)45(5)6)43-40-36-17-13-14-18-37(36)41(39-23-30(19-20-38(39)40)29-15-11-10-12-16-29)44-33-24-31(42(2,3)4)25-35(27-33)46(7,8)9/h10-27,43-44H,1-9H3. The summed E-state index contributed by atoms with van der Waals surface area (Å²) in [6, 6.07) is 40.7. The molecule has 0 unspecified atom stereocenters. The second kappa shape index (κ2) is 12.2. The average molecular weight is 636 g/mol. The van der Waals surface area contributed by atoms with Crippen LogP contribution in [0.3, 0.4) is 0 Å². The normalized spacial score (nSPS) is 12.2. The third-order valence-corrected chi connectivity index (χ3v) is 12.5. The van der Waals surface area contributed by atoms with E-state index in [2.05, 4.69) is 180 Å². The van der Waals surface area contributed by atoms with E-state index in [9.17, 15) is 0 Å². The van der Waals surface area contributed by atoms with Gasteiger partial charge in [-0.3, -0.25) is 0 Å². The lowest BCUT2D eigenvalue weighted by molar-refractivity contribution is 0.591. The van der Waals surface area contributed by atoms with Crippen LogP contribution in [0.4, 0.5) is 22.7 Å². The molecule has 0 aliphatic carbocycles. The Kier molecular flexibility index (Phi) is 8.47. The van der Waals surface area contributed by atoms with Crippen LogP contribution in [0.15, 0.2) is 109 Å². The van der Waals surface area contributed by atoms with Gasteiger partial charge in [0.15, 0.2) is 0 Å². The van der Waals surface area contributed by atoms with Gasteiger partial charge in [-0.2, -0.15) is 0 Å². The summed E-state index contributed by atoms with van der Waals surface area (Å²) < 4.78 is 0. The van der Waals surface area contributed by atoms with E-state index >= 15 is 0 Å². The number of nitrogens with one attached hydrogen (secondary N) is 2. The van der Waals surface area contributed by atoms with Gasteiger partial charge in [0.1, 0.15) is 0 Å². The predicted octanol–water partition coefficient (Wildman–Crippen LogP) is 11.3. The minimum Gasteiger partial charge on any atom is -0.355 e. The van der Waals surface area contributed by atoms with Crippen molar-refractivity contribution in [1.29, 1.82) is 0 Å². The molecule has 1 radical (unpaired) electrons. The van der Waals surface area contributed by atoms with Crippen molar-refractivity contribution in [3.05, 3.63) is 120 Å². The topological polar surface area (TPSA) is 24.1 Å². The van der Waals surface area contributed by atoms with E-state index in [1.54, 1.807) is 0 Å². The molecule has 46 heavy (non-hydrogen) atoms. The van der Waals surface area contributed by atoms with E-state index in [-0.39, 0.29) is 5.41 Å². The number of fused-ring (bicyclic) bond motifs is 2. The van der Waals surface area contributed by atoms with Gasteiger partial charge in [-0.15, -0.1) is 0 Å². The minimum absolute atomic E-state index is 0.0508. The molecule has 0 fully saturated rings. The third-order valence-electron chi connectivity index (χ3n) is 8.99. The van der Waals surface area contributed by atoms with Gasteiger partial charge in [0.05, 0.1) is 28.2 Å². The highest BCUT2D eigenvalue weighted by molar-refractivity contribution is 6.88. The first-order chi connectivity index (χ1) is 21.8. The number of benzene rings is 6. The molecule has 0 atom stereocenters. The van der Waals surface area contributed by atoms with Gasteiger partial charge in [-0.25, -0.2) is 0 Å². The summed E-state index contributed by atoms with van der Waals surface area (Å²) in [5.74, 6) is 0. The quantitative estimate of drug-likeness (QED) is 0.104. The summed E-state index contributed by atoms with van der Waals surface area (Å²) >= 11 is 0. The molecule has 0 saturated heterocycles. The molecule has 4 heteroatoms. The molecule has 2 nitrogen and oxygen atoms in total. The predicted molar refractivity (Wildman–Crippen MR) is 210 cm³/mol. The fourth-order valence-corrected chi connectivity index (χ4v) is 8.39. The van der Waals surface area contributed by atoms with Crippen molar-refractivity contribution >= 4 is 71.5 Å². The molecule has 233 valence electrons. The van der Waals surface area contributed by atoms with E-state index < -0.39 is 16.9 Å². The second-order valence-corrected chi connectivity index (χ2v) is 22.7. The van der Waals surface area contributed by atoms with Gasteiger partial charge in [-0.05, 0) is 64.9 Å². The van der Waals surface area contributed by atoms with E-state index in [1.165, 1.54) is 54.2 Å². The number of hydrogen-bond donors (Lipinski definition) is 2. The first-order valence-corrected chi connectivity index (χ1v) is 22.4. The molecule has 0 spiro atoms. The lowest BCUT2D eigenvalue weighted by Crippen LogP contribution is -2.38. The fraction of sp³-hybridized carbons (Fsp3) is 0.238. The van der Waals surface area contributed by atoms with Gasteiger partial charge in [0.25, 0.3) is 0 Å². The van der Waals surface area contributed by atoms with Crippen molar-refractivity contribution in [2.24, 2.45) is 0 Å². The maximum atomic E-state index is 4.02. The van der Waals surface area contributed by atoms with Gasteiger partial charge in [0, 0.05) is 32.9 Å². The zero-order valence-electron chi connectivity index (χ0n) is 28.9. The van der Waals surface area contributed by atoms with Crippen molar-refractivity contribution in [1.82, 2.24) is 0 Å². The van der Waals surface area contributed by atoms with E-state index in [0.717, 1.165) is 22.7 Å². The molecule has 0 aromatic heterocycles. The Bertz CT molecular complexity index is 2020. The van der Waals surface area contributed by atoms with Crippen LogP contribution in [0.25, 0.3) is 32.7 Å². The summed E-state index contributed by atoms with van der Waals surface area (Å²) in [5.41, 5.74) is 9.76. The first kappa shape index (κ1) is 31.8. The molecule has 0 aliphatic rings. The van der Waals surface area contributed by atoms with Crippen LogP contribution in [-0.2, 0) is 5.41 Å². The van der Waals surface area contributed by atoms with Crippen molar-refractivity contribution in [3.8, 4) is 11.1 Å². The molecule has 6 aromatic carbocycles. The first-order valence-electron chi connectivity index (χ1n) is 16.4. The molecule has 0 heterocycles. The van der Waals surface area contributed by atoms with E-state index in [4.69, 9.17) is 0 Å². The largest absolute Gasteiger partial charge is 0.355 e. The fourth-order valence-electron chi connectivity index (χ4n) is 6.26. The van der Waals surface area contributed by atoms with Crippen molar-refractivity contribution in [3.63, 3.8) is 0 Å². The Hall–Kier alpha value is -4.13. The zero-order valence-corrected chi connectivity index (χ0v) is 30.9. The summed E-state index contributed by atoms with van der Waals surface area (Å²) in [6.07, 6.45) is 0. The zero-order chi connectivity index (χ0) is 32.8. The molecular weight excluding hydrogens is 589 g/mol. The monoisotopic (exact) mass is 635 g/mol. The highest BCUT2D eigenvalue weighted by Crippen LogP contribution is 2.44. The highest BCUT2D eigenvalue weighted by Gasteiger charge is 2.23. The summed E-state index contributed by atoms with van der Waals surface area (Å²) in [5, 5.41) is 15.7. The Morgan fingerprint density at radius 2 is 1.15 bits per heavy atom. The SMILES string of the molecule is Cc1cc(Nc2c3ccccc3c(Nc3cc(C(C)(C)C)cc([Si](C)(C)C)c3)c3cc(-c4ccccc4)ccc23)cc([Si](C)C)c1. The molecular formula is C42H47N2Si2. The molecule has 6 aromatic rings. The van der Waals surface area contributed by atoms with Crippen LogP contribution in [0, 0.1) is 6.92 Å². The molecule has 0 bridgehead atoms. The second-order valence-electron chi connectivity index (χ2n) is 15.1. The molecule has 0 amide bonds. The molecule has 6 rings (SSSR count). The van der Waals surface area contributed by atoms with Crippen LogP contribution in [0.2, 0.25) is 32.7 Å². The maximum Gasteiger partial charge on any atom is 0.0792 e. The summed E-state index contributed by atoms with van der Waals surface area (Å²) in [6.45, 7) is 21.2. The molecule has 2 N–H and O–H groups in total. The smallest absolute Gasteiger partial charge is 0.0792 e. The number of rotatable bonds is 7. The Morgan fingerprint density at radius 1 is 0.565 bits per heavy atom. The highest BCUT2D eigenvalue weighted by atomic mass is 28.3. The van der Waals surface area contributed by atoms with Crippen LogP contribution < -0.4 is 21.0 Å². The maximum absolute atomic E-state index is 4.02. The Balaban J connectivity index is 1.63. The molecule has 0 saturated carbocycles. The Morgan fingerprint density at radius 3 is 1.76 bits per heavy atom. The van der Waals surface area contributed by atoms with Gasteiger partial charge in [-0.1, -0.05) is 143 Å². The third kappa shape index (κ3) is 6.56. The van der Waals surface area contributed by atoms with Crippen LogP contribution in [-0.4, -0.2) is 16.9 Å². The Labute approximate surface area is 278 Å². The average Bonchev–Trinajstić information content (AvgIpc) is 3.01. The molecule has 0 aliphatic heterocycles. The van der Waals surface area contributed by atoms with Crippen LogP contribution >= 0.6 is 0 Å². The van der Waals surface area contributed by atoms with Crippen molar-refractivity contribution in [2.75, 3.05) is 10.6 Å². The lowest BCUT2D eigenvalue weighted by Gasteiger charge is -2.26. The van der Waals surface area contributed by atoms with Gasteiger partial charge >= 0.3 is 0 Å². The summed E-state index contributed by atoms with van der Waals surface area (Å²) in [4.78, 5) is 0. The number of hydrogen-bond acceptors (Lipinski definition) is 2. The lowest BCUT2D eigenvalue weighted by atomic mass is 9.87. The summed E-state index contributed by atoms with van der Waals surface area (Å²) in [7, 11) is -2.15. The van der Waals surface area contributed by atoms with E-state index in [1.807, 2.05) is 0 Å². The number of aryl methyl sites for hydroxylation is 1. The van der Waals surface area contributed by atoms with Gasteiger partial charge < -0.3 is 10.6 Å². The van der Waals surface area contributed by atoms with Crippen LogP contribution in [0.5, 0.6) is 0 Å². The van der Waals surface area contributed by atoms with Gasteiger partial charge in [0.2, 0.25) is 0 Å². The minimum atomic E-state index is -1.57. The van der Waals surface area contributed by atoms with E-state index in [0.29, 0.717) is 0 Å². The van der Waals surface area contributed by atoms with Crippen molar-refractivity contribution in [2.45, 2.75) is 65.8 Å². The van der Waals surface area contributed by atoms with Crippen molar-refractivity contribution < 1.29 is 0 Å². The van der Waals surface area contributed by atoms with Crippen LogP contribution in [0.1, 0.15) is 31.9 Å².